The van der Waals surface area contributed by atoms with E-state index < -0.39 is 0 Å². The number of aryl methyl sites for hydroxylation is 1. The van der Waals surface area contributed by atoms with Gasteiger partial charge in [0.2, 0.25) is 0 Å². The van der Waals surface area contributed by atoms with E-state index in [1.54, 1.807) is 0 Å². The number of piperazine rings is 1. The molecule has 1 fully saturated rings. The summed E-state index contributed by atoms with van der Waals surface area (Å²) in [5.41, 5.74) is 2.62. The summed E-state index contributed by atoms with van der Waals surface area (Å²) in [5.74, 6) is 0.730. The highest BCUT2D eigenvalue weighted by molar-refractivity contribution is 6.30. The van der Waals surface area contributed by atoms with E-state index in [4.69, 9.17) is 11.6 Å². The second-order valence-corrected chi connectivity index (χ2v) is 6.82. The summed E-state index contributed by atoms with van der Waals surface area (Å²) in [6, 6.07) is 7.38. The maximum Gasteiger partial charge on any atom is 0.0426 e. The summed E-state index contributed by atoms with van der Waals surface area (Å²) in [6.45, 7) is 11.2. The molecule has 112 valence electrons. The van der Waals surface area contributed by atoms with Crippen molar-refractivity contribution >= 4 is 17.3 Å². The second-order valence-electron chi connectivity index (χ2n) is 6.38. The molecule has 0 aromatic heterocycles. The van der Waals surface area contributed by atoms with Crippen LogP contribution in [0.25, 0.3) is 0 Å². The van der Waals surface area contributed by atoms with Gasteiger partial charge in [-0.25, -0.2) is 0 Å². The van der Waals surface area contributed by atoms with Crippen molar-refractivity contribution in [1.82, 2.24) is 5.32 Å². The molecule has 1 saturated heterocycles. The molecule has 0 spiro atoms. The van der Waals surface area contributed by atoms with Crippen LogP contribution in [0.15, 0.2) is 18.2 Å². The van der Waals surface area contributed by atoms with Gasteiger partial charge in [-0.05, 0) is 43.4 Å². The molecule has 20 heavy (non-hydrogen) atoms. The zero-order chi connectivity index (χ0) is 14.7. The van der Waals surface area contributed by atoms with Gasteiger partial charge in [-0.3, -0.25) is 0 Å². The number of nitrogens with one attached hydrogen (secondary N) is 1. The molecule has 2 unspecified atom stereocenters. The van der Waals surface area contributed by atoms with E-state index in [-0.39, 0.29) is 0 Å². The third-order valence-corrected chi connectivity index (χ3v) is 4.44. The Morgan fingerprint density at radius 2 is 2.15 bits per heavy atom. The smallest absolute Gasteiger partial charge is 0.0426 e. The molecular weight excluding hydrogens is 268 g/mol. The number of halogens is 1. The van der Waals surface area contributed by atoms with Gasteiger partial charge in [-0.2, -0.15) is 0 Å². The van der Waals surface area contributed by atoms with Crippen LogP contribution in [0.3, 0.4) is 0 Å². The molecule has 1 aliphatic rings. The Bertz CT molecular complexity index is 445. The number of rotatable bonds is 4. The van der Waals surface area contributed by atoms with E-state index in [1.165, 1.54) is 17.7 Å². The lowest BCUT2D eigenvalue weighted by Gasteiger charge is -2.43. The van der Waals surface area contributed by atoms with Crippen LogP contribution in [0.5, 0.6) is 0 Å². The van der Waals surface area contributed by atoms with Crippen molar-refractivity contribution in [3.05, 3.63) is 28.8 Å². The third kappa shape index (κ3) is 3.67. The van der Waals surface area contributed by atoms with Crippen LogP contribution in [-0.2, 0) is 0 Å². The monoisotopic (exact) mass is 294 g/mol. The van der Waals surface area contributed by atoms with Gasteiger partial charge in [0.15, 0.2) is 0 Å². The van der Waals surface area contributed by atoms with Crippen LogP contribution < -0.4 is 10.2 Å². The number of hydrogen-bond acceptors (Lipinski definition) is 2. The van der Waals surface area contributed by atoms with E-state index in [9.17, 15) is 0 Å². The van der Waals surface area contributed by atoms with Crippen LogP contribution in [0.1, 0.15) is 39.2 Å². The summed E-state index contributed by atoms with van der Waals surface area (Å²) in [7, 11) is 0. The van der Waals surface area contributed by atoms with Crippen LogP contribution in [0.4, 0.5) is 5.69 Å². The van der Waals surface area contributed by atoms with Gasteiger partial charge < -0.3 is 10.2 Å². The first-order valence-electron chi connectivity index (χ1n) is 7.77. The van der Waals surface area contributed by atoms with Gasteiger partial charge in [0, 0.05) is 35.9 Å². The van der Waals surface area contributed by atoms with E-state index in [0.717, 1.165) is 30.5 Å². The SMILES string of the molecule is CCC1CNC(CC(C)C)CN1c1cc(Cl)ccc1C. The van der Waals surface area contributed by atoms with Gasteiger partial charge in [0.25, 0.3) is 0 Å². The molecule has 1 aromatic rings. The van der Waals surface area contributed by atoms with Crippen LogP contribution >= 0.6 is 11.6 Å². The first-order chi connectivity index (χ1) is 9.51. The fourth-order valence-electron chi connectivity index (χ4n) is 3.14. The molecule has 1 aromatic carbocycles. The van der Waals surface area contributed by atoms with Crippen molar-refractivity contribution in [2.24, 2.45) is 5.92 Å². The molecule has 3 heteroatoms. The number of anilines is 1. The molecule has 1 N–H and O–H groups in total. The van der Waals surface area contributed by atoms with Crippen molar-refractivity contribution in [2.45, 2.75) is 52.6 Å². The minimum absolute atomic E-state index is 0.565. The van der Waals surface area contributed by atoms with Crippen LogP contribution in [0, 0.1) is 12.8 Å². The molecule has 1 aliphatic heterocycles. The predicted molar refractivity (Wildman–Crippen MR) is 88.9 cm³/mol. The fraction of sp³-hybridized carbons (Fsp3) is 0.647. The molecule has 0 aliphatic carbocycles. The zero-order valence-electron chi connectivity index (χ0n) is 13.1. The standard InChI is InChI=1S/C17H27ClN2/c1-5-16-10-19-15(8-12(2)3)11-20(16)17-9-14(18)7-6-13(17)4/h6-7,9,12,15-16,19H,5,8,10-11H2,1-4H3. The minimum Gasteiger partial charge on any atom is -0.365 e. The maximum absolute atomic E-state index is 6.21. The largest absolute Gasteiger partial charge is 0.365 e. The van der Waals surface area contributed by atoms with Gasteiger partial charge in [-0.1, -0.05) is 38.4 Å². The summed E-state index contributed by atoms with van der Waals surface area (Å²) < 4.78 is 0. The van der Waals surface area contributed by atoms with Crippen molar-refractivity contribution in [1.29, 1.82) is 0 Å². The first kappa shape index (κ1) is 15.7. The molecule has 0 amide bonds. The van der Waals surface area contributed by atoms with Gasteiger partial charge in [0.05, 0.1) is 0 Å². The summed E-state index contributed by atoms with van der Waals surface area (Å²) in [4.78, 5) is 2.56. The Kier molecular flexibility index (Phi) is 5.34. The second kappa shape index (κ2) is 6.82. The maximum atomic E-state index is 6.21. The lowest BCUT2D eigenvalue weighted by Crippen LogP contribution is -2.57. The third-order valence-electron chi connectivity index (χ3n) is 4.21. The molecular formula is C17H27ClN2. The summed E-state index contributed by atoms with van der Waals surface area (Å²) in [6.07, 6.45) is 2.39. The van der Waals surface area contributed by atoms with E-state index in [2.05, 4.69) is 50.0 Å². The van der Waals surface area contributed by atoms with Crippen molar-refractivity contribution < 1.29 is 0 Å². The lowest BCUT2D eigenvalue weighted by molar-refractivity contribution is 0.343. The van der Waals surface area contributed by atoms with Crippen LogP contribution in [-0.4, -0.2) is 25.2 Å². The highest BCUT2D eigenvalue weighted by atomic mass is 35.5. The quantitative estimate of drug-likeness (QED) is 0.893. The van der Waals surface area contributed by atoms with Crippen molar-refractivity contribution in [3.8, 4) is 0 Å². The van der Waals surface area contributed by atoms with E-state index in [0.29, 0.717) is 12.1 Å². The molecule has 0 radical (unpaired) electrons. The summed E-state index contributed by atoms with van der Waals surface area (Å²) >= 11 is 6.21. The van der Waals surface area contributed by atoms with Crippen molar-refractivity contribution in [2.75, 3.05) is 18.0 Å². The Hall–Kier alpha value is -0.730. The highest BCUT2D eigenvalue weighted by Gasteiger charge is 2.28. The predicted octanol–water partition coefficient (Wildman–Crippen LogP) is 4.25. The topological polar surface area (TPSA) is 15.3 Å². The minimum atomic E-state index is 0.565. The van der Waals surface area contributed by atoms with E-state index in [1.807, 2.05) is 6.07 Å². The Labute approximate surface area is 128 Å². The zero-order valence-corrected chi connectivity index (χ0v) is 13.9. The Morgan fingerprint density at radius 3 is 2.80 bits per heavy atom. The number of benzene rings is 1. The normalized spacial score (nSPS) is 23.4. The fourth-order valence-corrected chi connectivity index (χ4v) is 3.31. The number of nitrogens with zero attached hydrogens (tertiary/aromatic N) is 1. The molecule has 0 saturated carbocycles. The van der Waals surface area contributed by atoms with Gasteiger partial charge >= 0.3 is 0 Å². The highest BCUT2D eigenvalue weighted by Crippen LogP contribution is 2.29. The molecule has 1 heterocycles. The van der Waals surface area contributed by atoms with Crippen molar-refractivity contribution in [3.63, 3.8) is 0 Å². The molecule has 2 nitrogen and oxygen atoms in total. The van der Waals surface area contributed by atoms with E-state index >= 15 is 0 Å². The Balaban J connectivity index is 2.22. The van der Waals surface area contributed by atoms with Crippen LogP contribution in [0.2, 0.25) is 5.02 Å². The first-order valence-corrected chi connectivity index (χ1v) is 8.15. The summed E-state index contributed by atoms with van der Waals surface area (Å²) in [5, 5.41) is 4.54. The number of hydrogen-bond donors (Lipinski definition) is 1. The van der Waals surface area contributed by atoms with Gasteiger partial charge in [0.1, 0.15) is 0 Å². The average molecular weight is 295 g/mol. The molecule has 0 bridgehead atoms. The molecule has 2 rings (SSSR count). The lowest BCUT2D eigenvalue weighted by atomic mass is 9.97. The average Bonchev–Trinajstić information content (AvgIpc) is 2.41. The Morgan fingerprint density at radius 1 is 1.40 bits per heavy atom. The molecule has 2 atom stereocenters. The van der Waals surface area contributed by atoms with Gasteiger partial charge in [-0.15, -0.1) is 0 Å².